The van der Waals surface area contributed by atoms with E-state index in [0.717, 1.165) is 24.2 Å². The number of halogens is 2. The molecule has 0 spiro atoms. The maximum atomic E-state index is 13.8. The number of hydrogen-bond donors (Lipinski definition) is 0. The first-order chi connectivity index (χ1) is 21.1. The van der Waals surface area contributed by atoms with E-state index in [1.807, 2.05) is 24.3 Å². The molecule has 8 rings (SSSR count). The van der Waals surface area contributed by atoms with Crippen LogP contribution in [0.25, 0.3) is 0 Å². The van der Waals surface area contributed by atoms with Crippen molar-refractivity contribution in [2.75, 3.05) is 9.80 Å². The van der Waals surface area contributed by atoms with Gasteiger partial charge in [-0.25, -0.2) is 8.78 Å². The van der Waals surface area contributed by atoms with E-state index in [4.69, 9.17) is 0 Å². The van der Waals surface area contributed by atoms with Gasteiger partial charge >= 0.3 is 10.1 Å². The van der Waals surface area contributed by atoms with Gasteiger partial charge in [0.2, 0.25) is 0 Å². The predicted octanol–water partition coefficient (Wildman–Crippen LogP) is 10.7. The largest absolute Gasteiger partial charge is 2.00 e. The first-order valence-electron chi connectivity index (χ1n) is 16.3. The average Bonchev–Trinajstić information content (AvgIpc) is 3.36. The molecule has 2 aliphatic heterocycles. The minimum absolute atomic E-state index is 0. The Morgan fingerprint density at radius 3 is 1.64 bits per heavy atom. The third kappa shape index (κ3) is 4.58. The molecule has 0 radical (unpaired) electrons. The van der Waals surface area contributed by atoms with Gasteiger partial charge in [-0.15, -0.1) is 11.6 Å². The molecule has 4 aliphatic rings. The second-order valence-corrected chi connectivity index (χ2v) is 14.2. The molecule has 4 atom stereocenters. The van der Waals surface area contributed by atoms with Gasteiger partial charge in [-0.2, -0.15) is 18.2 Å². The quantitative estimate of drug-likeness (QED) is 0.167. The molecular formula is C40H44BeF2N2. The van der Waals surface area contributed by atoms with E-state index in [9.17, 15) is 8.78 Å². The molecule has 2 nitrogen and oxygen atoms in total. The smallest absolute Gasteiger partial charge is 1.00 e. The summed E-state index contributed by atoms with van der Waals surface area (Å²) in [4.78, 5) is 4.77. The first-order valence-corrected chi connectivity index (χ1v) is 16.3. The summed E-state index contributed by atoms with van der Waals surface area (Å²) >= 11 is 0. The zero-order valence-corrected chi connectivity index (χ0v) is 27.2. The molecule has 4 aromatic rings. The predicted molar refractivity (Wildman–Crippen MR) is 184 cm³/mol. The van der Waals surface area contributed by atoms with Crippen molar-refractivity contribution in [3.05, 3.63) is 120 Å². The summed E-state index contributed by atoms with van der Waals surface area (Å²) in [6.07, 6.45) is 9.67. The summed E-state index contributed by atoms with van der Waals surface area (Å²) in [5.74, 6) is -0.336. The molecule has 45 heavy (non-hydrogen) atoms. The van der Waals surface area contributed by atoms with Crippen molar-refractivity contribution >= 4 is 32.9 Å². The van der Waals surface area contributed by atoms with Crippen molar-refractivity contribution in [1.82, 2.24) is 0 Å². The molecule has 230 valence electrons. The van der Waals surface area contributed by atoms with Crippen LogP contribution in [0.2, 0.25) is 0 Å². The maximum absolute atomic E-state index is 13.8. The number of hydrogen-bond acceptors (Lipinski definition) is 2. The van der Waals surface area contributed by atoms with Crippen LogP contribution in [-0.2, 0) is 10.8 Å². The van der Waals surface area contributed by atoms with Crippen LogP contribution in [0, 0.1) is 17.7 Å². The van der Waals surface area contributed by atoms with Crippen molar-refractivity contribution in [3.63, 3.8) is 0 Å². The Morgan fingerprint density at radius 1 is 0.600 bits per heavy atom. The molecular weight excluding hydrogens is 555 g/mol. The minimum atomic E-state index is -0.172. The van der Waals surface area contributed by atoms with Crippen molar-refractivity contribution in [3.8, 4) is 0 Å². The summed E-state index contributed by atoms with van der Waals surface area (Å²) in [6.45, 7) is 9.47. The van der Waals surface area contributed by atoms with Crippen LogP contribution in [0.3, 0.4) is 0 Å². The summed E-state index contributed by atoms with van der Waals surface area (Å²) in [7, 11) is 0. The Bertz CT molecular complexity index is 1590. The van der Waals surface area contributed by atoms with Gasteiger partial charge < -0.3 is 11.2 Å². The molecule has 0 N–H and O–H groups in total. The Balaban J connectivity index is 0.000000174. The van der Waals surface area contributed by atoms with E-state index in [0.29, 0.717) is 0 Å². The van der Waals surface area contributed by atoms with Crippen molar-refractivity contribution in [2.45, 2.75) is 101 Å². The van der Waals surface area contributed by atoms with Crippen molar-refractivity contribution in [2.24, 2.45) is 0 Å². The molecule has 2 aliphatic carbocycles. The minimum Gasteiger partial charge on any atom is -1.00 e. The fourth-order valence-electron chi connectivity index (χ4n) is 9.36. The number of anilines is 4. The van der Waals surface area contributed by atoms with Gasteiger partial charge in [-0.3, -0.25) is 0 Å². The Hall–Kier alpha value is -3.49. The van der Waals surface area contributed by atoms with Crippen LogP contribution >= 0.6 is 0 Å². The van der Waals surface area contributed by atoms with Gasteiger partial charge in [0.15, 0.2) is 0 Å². The van der Waals surface area contributed by atoms with Crippen LogP contribution in [0.15, 0.2) is 91.0 Å². The molecule has 0 saturated heterocycles. The van der Waals surface area contributed by atoms with E-state index >= 15 is 0 Å². The molecule has 2 fully saturated rings. The van der Waals surface area contributed by atoms with Crippen molar-refractivity contribution < 1.29 is 10.2 Å². The second-order valence-electron chi connectivity index (χ2n) is 14.2. The summed E-state index contributed by atoms with van der Waals surface area (Å²) < 4.78 is 27.6. The normalized spacial score (nSPS) is 29.4. The number of fused-ring (bicyclic) bond motifs is 6. The molecule has 4 aromatic carbocycles. The Kier molecular flexibility index (Phi) is 7.97. The van der Waals surface area contributed by atoms with E-state index in [1.54, 1.807) is 18.2 Å². The standard InChI is InChI=1S/C20H22FN.C20H21FN.Be.H/c2*1-19-12-5-6-13-20(19,2)22(16-9-7-8-15(21)14-16)18-11-4-3-10-17(18)19;;/h3-4,7-11,14H,5-6,12-13H2,1-2H3;4,7-11,14H,5-6,12-13H2,1-2H3;;/q;-1;+2;-1. The molecule has 0 amide bonds. The van der Waals surface area contributed by atoms with Crippen LogP contribution in [0.1, 0.15) is 91.6 Å². The topological polar surface area (TPSA) is 6.48 Å². The van der Waals surface area contributed by atoms with E-state index in [-0.39, 0.29) is 45.1 Å². The number of benzene rings is 4. The maximum Gasteiger partial charge on any atom is 2.00 e. The number of nitrogens with zero attached hydrogens (tertiary/aromatic N) is 2. The SMILES string of the molecule is CC12CCCCC1(C)N(c1cccc(F)c1)c1cc[c-]cc12.CC12CCCCC1(C)N(c1cccc(F)c1)c1ccccc12.[Be+2].[H-]. The molecule has 0 aromatic heterocycles. The van der Waals surface area contributed by atoms with Crippen LogP contribution in [-0.4, -0.2) is 21.2 Å². The zero-order chi connectivity index (χ0) is 30.7. The molecule has 2 heterocycles. The van der Waals surface area contributed by atoms with Crippen molar-refractivity contribution in [1.29, 1.82) is 0 Å². The molecule has 0 bridgehead atoms. The van der Waals surface area contributed by atoms with Gasteiger partial charge in [-0.1, -0.05) is 82.0 Å². The van der Waals surface area contributed by atoms with E-state index in [2.05, 4.69) is 80.0 Å². The Morgan fingerprint density at radius 2 is 1.09 bits per heavy atom. The van der Waals surface area contributed by atoms with Crippen LogP contribution < -0.4 is 9.80 Å². The Labute approximate surface area is 273 Å². The summed E-state index contributed by atoms with van der Waals surface area (Å²) in [5.41, 5.74) is 7.43. The van der Waals surface area contributed by atoms with Crippen LogP contribution in [0.5, 0.6) is 0 Å². The molecule has 2 saturated carbocycles. The molecule has 4 unspecified atom stereocenters. The number of para-hydroxylation sites is 1. The van der Waals surface area contributed by atoms with E-state index < -0.39 is 0 Å². The summed E-state index contributed by atoms with van der Waals surface area (Å²) in [5, 5.41) is 0. The van der Waals surface area contributed by atoms with Gasteiger partial charge in [-0.05, 0) is 86.6 Å². The fourth-order valence-corrected chi connectivity index (χ4v) is 9.36. The van der Waals surface area contributed by atoms with E-state index in [1.165, 1.54) is 73.2 Å². The van der Waals surface area contributed by atoms with Gasteiger partial charge in [0, 0.05) is 28.0 Å². The van der Waals surface area contributed by atoms with Crippen LogP contribution in [0.4, 0.5) is 31.5 Å². The fraction of sp³-hybridized carbons (Fsp3) is 0.400. The zero-order valence-electron chi connectivity index (χ0n) is 28.2. The first kappa shape index (κ1) is 31.5. The third-order valence-electron chi connectivity index (χ3n) is 12.1. The average molecular weight is 600 g/mol. The second kappa shape index (κ2) is 11.4. The summed E-state index contributed by atoms with van der Waals surface area (Å²) in [6, 6.07) is 32.2. The van der Waals surface area contributed by atoms with Gasteiger partial charge in [0.05, 0.1) is 5.54 Å². The number of rotatable bonds is 2. The van der Waals surface area contributed by atoms with Gasteiger partial charge in [0.1, 0.15) is 11.6 Å². The molecule has 5 heteroatoms. The third-order valence-corrected chi connectivity index (χ3v) is 12.1. The van der Waals surface area contributed by atoms with Gasteiger partial charge in [0.25, 0.3) is 0 Å². The monoisotopic (exact) mass is 599 g/mol.